The molecule has 2 aromatic rings. The van der Waals surface area contributed by atoms with Gasteiger partial charge < -0.3 is 10.1 Å². The van der Waals surface area contributed by atoms with Crippen molar-refractivity contribution in [1.82, 2.24) is 14.8 Å². The molecule has 0 atom stereocenters. The molecule has 2 N–H and O–H groups in total. The van der Waals surface area contributed by atoms with Gasteiger partial charge in [-0.25, -0.2) is 9.78 Å². The molecule has 112 valence electrons. The normalized spacial score (nSPS) is 14.0. The third-order valence-corrected chi connectivity index (χ3v) is 3.99. The van der Waals surface area contributed by atoms with Gasteiger partial charge in [-0.15, -0.1) is 0 Å². The monoisotopic (exact) mass is 307 g/mol. The SMILES string of the molecule is Cc1nc(OC(=O)Nc2ccn(C)n2)c(NCC2CC2)s1. The Morgan fingerprint density at radius 2 is 2.38 bits per heavy atom. The van der Waals surface area contributed by atoms with Crippen LogP contribution in [0.3, 0.4) is 0 Å². The van der Waals surface area contributed by atoms with E-state index in [1.807, 2.05) is 6.92 Å². The Morgan fingerprint density at radius 3 is 3.05 bits per heavy atom. The van der Waals surface area contributed by atoms with Gasteiger partial charge in [0.2, 0.25) is 0 Å². The summed E-state index contributed by atoms with van der Waals surface area (Å²) in [5.41, 5.74) is 0. The molecule has 2 heterocycles. The van der Waals surface area contributed by atoms with Gasteiger partial charge in [0.15, 0.2) is 10.8 Å². The largest absolute Gasteiger partial charge is 0.419 e. The van der Waals surface area contributed by atoms with E-state index in [4.69, 9.17) is 4.74 Å². The van der Waals surface area contributed by atoms with Gasteiger partial charge in [-0.2, -0.15) is 5.10 Å². The number of carbonyl (C=O) groups is 1. The molecule has 0 aliphatic heterocycles. The summed E-state index contributed by atoms with van der Waals surface area (Å²) in [6, 6.07) is 1.69. The average Bonchev–Trinajstić information content (AvgIpc) is 3.07. The van der Waals surface area contributed by atoms with Crippen LogP contribution in [0.25, 0.3) is 0 Å². The van der Waals surface area contributed by atoms with Crippen molar-refractivity contribution in [2.75, 3.05) is 17.2 Å². The number of aryl methyl sites for hydroxylation is 2. The van der Waals surface area contributed by atoms with E-state index in [0.29, 0.717) is 11.7 Å². The molecule has 0 unspecified atom stereocenters. The summed E-state index contributed by atoms with van der Waals surface area (Å²) in [5, 5.41) is 11.6. The summed E-state index contributed by atoms with van der Waals surface area (Å²) in [4.78, 5) is 16.1. The molecule has 3 rings (SSSR count). The fraction of sp³-hybridized carbons (Fsp3) is 0.462. The van der Waals surface area contributed by atoms with Gasteiger partial charge in [-0.3, -0.25) is 10.00 Å². The lowest BCUT2D eigenvalue weighted by Gasteiger charge is -2.06. The number of nitrogens with zero attached hydrogens (tertiary/aromatic N) is 3. The zero-order chi connectivity index (χ0) is 14.8. The first-order valence-electron chi connectivity index (χ1n) is 6.80. The maximum absolute atomic E-state index is 11.9. The molecule has 8 heteroatoms. The molecule has 21 heavy (non-hydrogen) atoms. The molecule has 0 bridgehead atoms. The van der Waals surface area contributed by atoms with E-state index in [2.05, 4.69) is 20.7 Å². The standard InChI is InChI=1S/C13H17N5O2S/c1-8-15-11(12(21-8)14-7-9-3-4-9)20-13(19)16-10-5-6-18(2)17-10/h5-6,9,14H,3-4,7H2,1-2H3,(H,16,17,19). The summed E-state index contributed by atoms with van der Waals surface area (Å²) in [7, 11) is 1.78. The van der Waals surface area contributed by atoms with Crippen LogP contribution in [0.15, 0.2) is 12.3 Å². The zero-order valence-corrected chi connectivity index (χ0v) is 12.7. The van der Waals surface area contributed by atoms with E-state index in [1.54, 1.807) is 24.0 Å². The number of hydrogen-bond donors (Lipinski definition) is 2. The quantitative estimate of drug-likeness (QED) is 0.887. The van der Waals surface area contributed by atoms with E-state index in [0.717, 1.165) is 22.5 Å². The smallest absolute Gasteiger partial charge is 0.388 e. The molecule has 0 aromatic carbocycles. The minimum atomic E-state index is -0.589. The van der Waals surface area contributed by atoms with Crippen LogP contribution < -0.4 is 15.4 Å². The Labute approximate surface area is 126 Å². The van der Waals surface area contributed by atoms with Crippen LogP contribution >= 0.6 is 11.3 Å². The lowest BCUT2D eigenvalue weighted by atomic mass is 10.4. The van der Waals surface area contributed by atoms with Crippen molar-refractivity contribution in [2.24, 2.45) is 13.0 Å². The molecule has 1 fully saturated rings. The molecule has 1 saturated carbocycles. The minimum Gasteiger partial charge on any atom is -0.388 e. The fourth-order valence-corrected chi connectivity index (χ4v) is 2.60. The first-order chi connectivity index (χ1) is 10.1. The summed E-state index contributed by atoms with van der Waals surface area (Å²) in [5.74, 6) is 1.51. The number of carbonyl (C=O) groups excluding carboxylic acids is 1. The van der Waals surface area contributed by atoms with Crippen molar-refractivity contribution in [2.45, 2.75) is 19.8 Å². The second-order valence-electron chi connectivity index (χ2n) is 5.08. The topological polar surface area (TPSA) is 81.1 Å². The Morgan fingerprint density at radius 1 is 1.57 bits per heavy atom. The van der Waals surface area contributed by atoms with E-state index >= 15 is 0 Å². The average molecular weight is 307 g/mol. The van der Waals surface area contributed by atoms with Gasteiger partial charge in [0.05, 0.1) is 5.01 Å². The zero-order valence-electron chi connectivity index (χ0n) is 11.9. The van der Waals surface area contributed by atoms with Crippen molar-refractivity contribution < 1.29 is 9.53 Å². The number of rotatable bonds is 5. The molecule has 1 aliphatic rings. The predicted octanol–water partition coefficient (Wildman–Crippen LogP) is 2.62. The van der Waals surface area contributed by atoms with E-state index in [-0.39, 0.29) is 0 Å². The molecule has 0 spiro atoms. The van der Waals surface area contributed by atoms with Gasteiger partial charge in [0.1, 0.15) is 0 Å². The molecular formula is C13H17N5O2S. The molecule has 0 radical (unpaired) electrons. The Kier molecular flexibility index (Phi) is 3.78. The first-order valence-corrected chi connectivity index (χ1v) is 7.61. The first kappa shape index (κ1) is 13.9. The number of thiazole rings is 1. The van der Waals surface area contributed by atoms with E-state index in [1.165, 1.54) is 24.2 Å². The van der Waals surface area contributed by atoms with Crippen molar-refractivity contribution >= 4 is 28.2 Å². The third-order valence-electron chi connectivity index (χ3n) is 3.08. The number of hydrogen-bond acceptors (Lipinski definition) is 6. The molecular weight excluding hydrogens is 290 g/mol. The number of ether oxygens (including phenoxy) is 1. The number of aromatic nitrogens is 3. The van der Waals surface area contributed by atoms with Gasteiger partial charge in [-0.1, -0.05) is 11.3 Å². The number of amides is 1. The van der Waals surface area contributed by atoms with Crippen molar-refractivity contribution in [3.8, 4) is 5.88 Å². The molecule has 0 saturated heterocycles. The number of anilines is 2. The highest BCUT2D eigenvalue weighted by atomic mass is 32.1. The van der Waals surface area contributed by atoms with Crippen LogP contribution in [0.2, 0.25) is 0 Å². The van der Waals surface area contributed by atoms with Crippen LogP contribution in [0.4, 0.5) is 15.6 Å². The predicted molar refractivity (Wildman–Crippen MR) is 80.9 cm³/mol. The van der Waals surface area contributed by atoms with Gasteiger partial charge in [0.25, 0.3) is 5.88 Å². The second kappa shape index (κ2) is 5.72. The maximum atomic E-state index is 11.9. The van der Waals surface area contributed by atoms with E-state index in [9.17, 15) is 4.79 Å². The van der Waals surface area contributed by atoms with Gasteiger partial charge in [0, 0.05) is 25.9 Å². The Hall–Kier alpha value is -2.09. The lowest BCUT2D eigenvalue weighted by molar-refractivity contribution is 0.213. The van der Waals surface area contributed by atoms with Crippen LogP contribution in [0.1, 0.15) is 17.8 Å². The summed E-state index contributed by atoms with van der Waals surface area (Å²) in [6.07, 6.45) is 3.68. The highest BCUT2D eigenvalue weighted by molar-refractivity contribution is 7.16. The van der Waals surface area contributed by atoms with Gasteiger partial charge in [-0.05, 0) is 25.7 Å². The fourth-order valence-electron chi connectivity index (χ4n) is 1.85. The summed E-state index contributed by atoms with van der Waals surface area (Å²) < 4.78 is 6.87. The highest BCUT2D eigenvalue weighted by Crippen LogP contribution is 2.34. The minimum absolute atomic E-state index is 0.326. The Bertz CT molecular complexity index is 647. The van der Waals surface area contributed by atoms with Crippen LogP contribution in [-0.2, 0) is 7.05 Å². The van der Waals surface area contributed by atoms with Crippen LogP contribution in [0, 0.1) is 12.8 Å². The molecule has 1 amide bonds. The van der Waals surface area contributed by atoms with Crippen molar-refractivity contribution in [1.29, 1.82) is 0 Å². The Balaban J connectivity index is 1.61. The maximum Gasteiger partial charge on any atom is 0.419 e. The second-order valence-corrected chi connectivity index (χ2v) is 6.28. The van der Waals surface area contributed by atoms with Gasteiger partial charge >= 0.3 is 6.09 Å². The molecule has 1 aliphatic carbocycles. The van der Waals surface area contributed by atoms with Crippen molar-refractivity contribution in [3.05, 3.63) is 17.3 Å². The van der Waals surface area contributed by atoms with Crippen LogP contribution in [0.5, 0.6) is 5.88 Å². The highest BCUT2D eigenvalue weighted by Gasteiger charge is 2.22. The third kappa shape index (κ3) is 3.72. The molecule has 7 nitrogen and oxygen atoms in total. The van der Waals surface area contributed by atoms with Crippen molar-refractivity contribution in [3.63, 3.8) is 0 Å². The summed E-state index contributed by atoms with van der Waals surface area (Å²) in [6.45, 7) is 2.79. The van der Waals surface area contributed by atoms with E-state index < -0.39 is 6.09 Å². The summed E-state index contributed by atoms with van der Waals surface area (Å²) >= 11 is 1.49. The van der Waals surface area contributed by atoms with Crippen LogP contribution in [-0.4, -0.2) is 27.4 Å². The lowest BCUT2D eigenvalue weighted by Crippen LogP contribution is -2.18. The number of nitrogens with one attached hydrogen (secondary N) is 2. The molecule has 2 aromatic heterocycles.